The highest BCUT2D eigenvalue weighted by molar-refractivity contribution is 6.39. The first-order valence-corrected chi connectivity index (χ1v) is 6.48. The van der Waals surface area contributed by atoms with E-state index in [1.807, 2.05) is 0 Å². The third-order valence-electron chi connectivity index (χ3n) is 2.73. The quantitative estimate of drug-likeness (QED) is 0.665. The van der Waals surface area contributed by atoms with Crippen LogP contribution in [0.3, 0.4) is 0 Å². The SMILES string of the molecule is COC(=O)C1CCC(NNc2c(Cl)cccc2Cl)=N1. The van der Waals surface area contributed by atoms with Crippen LogP contribution in [0.15, 0.2) is 23.2 Å². The number of nitrogens with zero attached hydrogens (tertiary/aromatic N) is 1. The molecule has 2 N–H and O–H groups in total. The summed E-state index contributed by atoms with van der Waals surface area (Å²) in [6, 6.07) is 4.78. The van der Waals surface area contributed by atoms with E-state index in [2.05, 4.69) is 20.6 Å². The molecule has 0 amide bonds. The van der Waals surface area contributed by atoms with E-state index in [0.29, 0.717) is 34.4 Å². The average molecular weight is 302 g/mol. The number of hydrogen-bond acceptors (Lipinski definition) is 5. The Morgan fingerprint density at radius 1 is 1.37 bits per heavy atom. The summed E-state index contributed by atoms with van der Waals surface area (Å²) in [5.41, 5.74) is 6.39. The van der Waals surface area contributed by atoms with Crippen LogP contribution in [0.5, 0.6) is 0 Å². The van der Waals surface area contributed by atoms with E-state index in [1.54, 1.807) is 18.2 Å². The summed E-state index contributed by atoms with van der Waals surface area (Å²) in [5.74, 6) is 0.346. The first-order valence-electron chi connectivity index (χ1n) is 5.72. The molecular formula is C12H13Cl2N3O2. The van der Waals surface area contributed by atoms with Crippen molar-refractivity contribution in [2.75, 3.05) is 12.5 Å². The molecule has 0 aromatic heterocycles. The third-order valence-corrected chi connectivity index (χ3v) is 3.36. The molecule has 0 fully saturated rings. The summed E-state index contributed by atoms with van der Waals surface area (Å²) in [7, 11) is 1.35. The molecule has 7 heteroatoms. The number of ether oxygens (including phenoxy) is 1. The number of halogens is 2. The molecule has 102 valence electrons. The smallest absolute Gasteiger partial charge is 0.330 e. The van der Waals surface area contributed by atoms with E-state index in [9.17, 15) is 4.79 Å². The lowest BCUT2D eigenvalue weighted by molar-refractivity contribution is -0.141. The van der Waals surface area contributed by atoms with Crippen molar-refractivity contribution in [2.24, 2.45) is 4.99 Å². The second kappa shape index (κ2) is 6.12. The van der Waals surface area contributed by atoms with Crippen LogP contribution in [-0.2, 0) is 9.53 Å². The van der Waals surface area contributed by atoms with Gasteiger partial charge in [-0.3, -0.25) is 15.8 Å². The van der Waals surface area contributed by atoms with Gasteiger partial charge in [-0.05, 0) is 18.6 Å². The maximum Gasteiger partial charge on any atom is 0.330 e. The van der Waals surface area contributed by atoms with Gasteiger partial charge in [-0.15, -0.1) is 0 Å². The Labute approximate surface area is 120 Å². The molecule has 0 bridgehead atoms. The van der Waals surface area contributed by atoms with Crippen molar-refractivity contribution in [1.82, 2.24) is 5.43 Å². The highest BCUT2D eigenvalue weighted by atomic mass is 35.5. The van der Waals surface area contributed by atoms with Gasteiger partial charge in [0.05, 0.1) is 22.8 Å². The fraction of sp³-hybridized carbons (Fsp3) is 0.333. The molecule has 1 aliphatic rings. The lowest BCUT2D eigenvalue weighted by Gasteiger charge is -2.12. The van der Waals surface area contributed by atoms with Crippen molar-refractivity contribution in [1.29, 1.82) is 0 Å². The number of nitrogens with one attached hydrogen (secondary N) is 2. The van der Waals surface area contributed by atoms with E-state index in [-0.39, 0.29) is 5.97 Å². The van der Waals surface area contributed by atoms with Crippen molar-refractivity contribution in [2.45, 2.75) is 18.9 Å². The summed E-state index contributed by atoms with van der Waals surface area (Å²) in [5, 5.41) is 1.01. The fourth-order valence-electron chi connectivity index (χ4n) is 1.74. The Kier molecular flexibility index (Phi) is 4.50. The van der Waals surface area contributed by atoms with Crippen molar-refractivity contribution in [3.63, 3.8) is 0 Å². The number of hydrogen-bond donors (Lipinski definition) is 2. The zero-order chi connectivity index (χ0) is 13.8. The van der Waals surface area contributed by atoms with Gasteiger partial charge >= 0.3 is 5.97 Å². The molecule has 0 saturated carbocycles. The zero-order valence-electron chi connectivity index (χ0n) is 10.2. The van der Waals surface area contributed by atoms with Crippen molar-refractivity contribution >= 4 is 40.7 Å². The molecular weight excluding hydrogens is 289 g/mol. The van der Waals surface area contributed by atoms with Crippen molar-refractivity contribution in [3.8, 4) is 0 Å². The monoisotopic (exact) mass is 301 g/mol. The molecule has 1 aromatic rings. The molecule has 0 radical (unpaired) electrons. The van der Waals surface area contributed by atoms with Gasteiger partial charge in [0.25, 0.3) is 0 Å². The Balaban J connectivity index is 1.98. The molecule has 5 nitrogen and oxygen atoms in total. The number of carbonyl (C=O) groups excluding carboxylic acids is 1. The summed E-state index contributed by atoms with van der Waals surface area (Å²) in [6.07, 6.45) is 1.29. The van der Waals surface area contributed by atoms with Gasteiger partial charge in [-0.25, -0.2) is 4.79 Å². The van der Waals surface area contributed by atoms with Gasteiger partial charge < -0.3 is 4.74 Å². The summed E-state index contributed by atoms with van der Waals surface area (Å²) in [4.78, 5) is 15.5. The number of aliphatic imine (C=N–C) groups is 1. The topological polar surface area (TPSA) is 62.7 Å². The van der Waals surface area contributed by atoms with E-state index in [1.165, 1.54) is 7.11 Å². The summed E-state index contributed by atoms with van der Waals surface area (Å²) < 4.78 is 4.65. The lowest BCUT2D eigenvalue weighted by atomic mass is 10.2. The molecule has 0 spiro atoms. The maximum absolute atomic E-state index is 11.3. The zero-order valence-corrected chi connectivity index (χ0v) is 11.8. The van der Waals surface area contributed by atoms with E-state index in [4.69, 9.17) is 23.2 Å². The molecule has 2 rings (SSSR count). The largest absolute Gasteiger partial charge is 0.467 e. The van der Waals surface area contributed by atoms with Crippen LogP contribution in [0.25, 0.3) is 0 Å². The van der Waals surface area contributed by atoms with Crippen LogP contribution in [0.1, 0.15) is 12.8 Å². The van der Waals surface area contributed by atoms with E-state index in [0.717, 1.165) is 0 Å². The van der Waals surface area contributed by atoms with Gasteiger partial charge in [0.2, 0.25) is 0 Å². The molecule has 1 unspecified atom stereocenters. The van der Waals surface area contributed by atoms with Gasteiger partial charge in [0.15, 0.2) is 0 Å². The van der Waals surface area contributed by atoms with Gasteiger partial charge in [0, 0.05) is 6.42 Å². The molecule has 1 heterocycles. The number of esters is 1. The van der Waals surface area contributed by atoms with Crippen LogP contribution < -0.4 is 10.9 Å². The predicted molar refractivity (Wildman–Crippen MR) is 75.7 cm³/mol. The van der Waals surface area contributed by atoms with E-state index >= 15 is 0 Å². The summed E-state index contributed by atoms with van der Waals surface area (Å²) in [6.45, 7) is 0. The first-order chi connectivity index (χ1) is 9.11. The highest BCUT2D eigenvalue weighted by Gasteiger charge is 2.24. The normalized spacial score (nSPS) is 17.8. The minimum Gasteiger partial charge on any atom is -0.467 e. The number of para-hydroxylation sites is 1. The number of methoxy groups -OCH3 is 1. The molecule has 1 aromatic carbocycles. The number of rotatable bonds is 3. The number of carbonyl (C=O) groups is 1. The minimum absolute atomic E-state index is 0.326. The minimum atomic E-state index is -0.434. The van der Waals surface area contributed by atoms with Crippen LogP contribution in [0.4, 0.5) is 5.69 Å². The lowest BCUT2D eigenvalue weighted by Crippen LogP contribution is -2.28. The van der Waals surface area contributed by atoms with Crippen LogP contribution in [0.2, 0.25) is 10.0 Å². The molecule has 1 atom stereocenters. The number of amidine groups is 1. The second-order valence-electron chi connectivity index (χ2n) is 4.00. The maximum atomic E-state index is 11.3. The second-order valence-corrected chi connectivity index (χ2v) is 4.81. The van der Waals surface area contributed by atoms with Crippen molar-refractivity contribution in [3.05, 3.63) is 28.2 Å². The Morgan fingerprint density at radius 3 is 2.68 bits per heavy atom. The third kappa shape index (κ3) is 3.30. The standard InChI is InChI=1S/C12H13Cl2N3O2/c1-19-12(18)9-5-6-10(15-9)16-17-11-7(13)3-2-4-8(11)14/h2-4,9,17H,5-6H2,1H3,(H,15,16). The van der Waals surface area contributed by atoms with Crippen molar-refractivity contribution < 1.29 is 9.53 Å². The Morgan fingerprint density at radius 2 is 2.05 bits per heavy atom. The molecule has 1 aliphatic heterocycles. The molecule has 19 heavy (non-hydrogen) atoms. The van der Waals surface area contributed by atoms with Crippen LogP contribution in [0, 0.1) is 0 Å². The first kappa shape index (κ1) is 14.0. The molecule has 0 saturated heterocycles. The number of benzene rings is 1. The van der Waals surface area contributed by atoms with Crippen LogP contribution in [-0.4, -0.2) is 25.0 Å². The van der Waals surface area contributed by atoms with Gasteiger partial charge in [0.1, 0.15) is 11.9 Å². The predicted octanol–water partition coefficient (Wildman–Crippen LogP) is 2.64. The number of anilines is 1. The molecule has 0 aliphatic carbocycles. The number of hydrazine groups is 1. The fourth-order valence-corrected chi connectivity index (χ4v) is 2.24. The van der Waals surface area contributed by atoms with Gasteiger partial charge in [-0.2, -0.15) is 0 Å². The highest BCUT2D eigenvalue weighted by Crippen LogP contribution is 2.29. The van der Waals surface area contributed by atoms with Gasteiger partial charge in [-0.1, -0.05) is 29.3 Å². The average Bonchev–Trinajstić information content (AvgIpc) is 2.86. The van der Waals surface area contributed by atoms with E-state index < -0.39 is 6.04 Å². The summed E-state index contributed by atoms with van der Waals surface area (Å²) >= 11 is 12.0. The van der Waals surface area contributed by atoms with Crippen LogP contribution >= 0.6 is 23.2 Å². The Hall–Kier alpha value is -1.46. The Bertz CT molecular complexity index is 499.